The summed E-state index contributed by atoms with van der Waals surface area (Å²) in [4.78, 5) is 11.8. The van der Waals surface area contributed by atoms with Crippen molar-refractivity contribution < 1.29 is 9.18 Å². The number of hydrogen-bond acceptors (Lipinski definition) is 2. The fraction of sp³-hybridized carbons (Fsp3) is 0.417. The molecule has 0 aliphatic carbocycles. The molecule has 0 bridgehead atoms. The summed E-state index contributed by atoms with van der Waals surface area (Å²) in [5.74, 6) is -0.0540. The SMILES string of the molecule is O=C1NC[C@@H]2CNCC2c2cccc(F)c21. The van der Waals surface area contributed by atoms with Gasteiger partial charge in [-0.1, -0.05) is 12.1 Å². The number of halogens is 1. The largest absolute Gasteiger partial charge is 0.352 e. The van der Waals surface area contributed by atoms with Gasteiger partial charge < -0.3 is 10.6 Å². The molecular formula is C12H13FN2O. The summed E-state index contributed by atoms with van der Waals surface area (Å²) in [6, 6.07) is 4.90. The number of rotatable bonds is 0. The van der Waals surface area contributed by atoms with Gasteiger partial charge in [0.2, 0.25) is 0 Å². The highest BCUT2D eigenvalue weighted by atomic mass is 19.1. The molecule has 2 aliphatic rings. The first-order valence-electron chi connectivity index (χ1n) is 5.54. The van der Waals surface area contributed by atoms with Gasteiger partial charge in [-0.3, -0.25) is 4.79 Å². The van der Waals surface area contributed by atoms with Crippen LogP contribution in [0.3, 0.4) is 0 Å². The Morgan fingerprint density at radius 1 is 1.25 bits per heavy atom. The molecule has 1 aromatic carbocycles. The van der Waals surface area contributed by atoms with Gasteiger partial charge >= 0.3 is 0 Å². The summed E-state index contributed by atoms with van der Waals surface area (Å²) < 4.78 is 13.7. The predicted molar refractivity (Wildman–Crippen MR) is 57.8 cm³/mol. The summed E-state index contributed by atoms with van der Waals surface area (Å²) in [5.41, 5.74) is 1.09. The second-order valence-electron chi connectivity index (χ2n) is 4.44. The monoisotopic (exact) mass is 220 g/mol. The third-order valence-corrected chi connectivity index (χ3v) is 3.54. The zero-order chi connectivity index (χ0) is 11.1. The van der Waals surface area contributed by atoms with Crippen LogP contribution in [0, 0.1) is 11.7 Å². The van der Waals surface area contributed by atoms with Gasteiger partial charge in [-0.25, -0.2) is 4.39 Å². The van der Waals surface area contributed by atoms with Gasteiger partial charge in [0.05, 0.1) is 5.56 Å². The van der Waals surface area contributed by atoms with E-state index in [1.807, 2.05) is 6.07 Å². The molecule has 1 fully saturated rings. The maximum absolute atomic E-state index is 13.7. The van der Waals surface area contributed by atoms with E-state index in [4.69, 9.17) is 0 Å². The molecule has 3 rings (SSSR count). The van der Waals surface area contributed by atoms with Crippen LogP contribution in [-0.4, -0.2) is 25.5 Å². The third-order valence-electron chi connectivity index (χ3n) is 3.54. The zero-order valence-corrected chi connectivity index (χ0v) is 8.79. The standard InChI is InChI=1S/C12H13FN2O/c13-10-3-1-2-8-9-6-14-4-7(9)5-15-12(16)11(8)10/h1-3,7,9,14H,4-6H2,(H,15,16)/t7-,9?/m0/s1. The highest BCUT2D eigenvalue weighted by molar-refractivity contribution is 5.96. The van der Waals surface area contributed by atoms with Crippen LogP contribution < -0.4 is 10.6 Å². The van der Waals surface area contributed by atoms with Crippen LogP contribution in [-0.2, 0) is 0 Å². The second kappa shape index (κ2) is 3.56. The number of benzene rings is 1. The molecule has 84 valence electrons. The molecule has 2 aliphatic heterocycles. The molecule has 1 amide bonds. The zero-order valence-electron chi connectivity index (χ0n) is 8.79. The molecule has 3 nitrogen and oxygen atoms in total. The van der Waals surface area contributed by atoms with Crippen LogP contribution in [0.15, 0.2) is 18.2 Å². The number of carbonyl (C=O) groups excluding carboxylic acids is 1. The Morgan fingerprint density at radius 3 is 3.00 bits per heavy atom. The van der Waals surface area contributed by atoms with E-state index >= 15 is 0 Å². The van der Waals surface area contributed by atoms with Crippen molar-refractivity contribution in [3.63, 3.8) is 0 Å². The van der Waals surface area contributed by atoms with Crippen molar-refractivity contribution in [3.05, 3.63) is 35.1 Å². The van der Waals surface area contributed by atoms with Crippen LogP contribution >= 0.6 is 0 Å². The average Bonchev–Trinajstić information content (AvgIpc) is 2.69. The van der Waals surface area contributed by atoms with Crippen LogP contribution in [0.2, 0.25) is 0 Å². The van der Waals surface area contributed by atoms with Crippen molar-refractivity contribution in [2.45, 2.75) is 5.92 Å². The van der Waals surface area contributed by atoms with Crippen LogP contribution in [0.4, 0.5) is 4.39 Å². The van der Waals surface area contributed by atoms with Crippen molar-refractivity contribution in [1.82, 2.24) is 10.6 Å². The van der Waals surface area contributed by atoms with E-state index in [9.17, 15) is 9.18 Å². The summed E-state index contributed by atoms with van der Waals surface area (Å²) in [7, 11) is 0. The minimum absolute atomic E-state index is 0.235. The van der Waals surface area contributed by atoms with Crippen LogP contribution in [0.1, 0.15) is 21.8 Å². The van der Waals surface area contributed by atoms with E-state index in [1.165, 1.54) is 6.07 Å². The van der Waals surface area contributed by atoms with Crippen molar-refractivity contribution in [1.29, 1.82) is 0 Å². The Labute approximate surface area is 93.0 Å². The summed E-state index contributed by atoms with van der Waals surface area (Å²) in [6.07, 6.45) is 0. The number of carbonyl (C=O) groups is 1. The van der Waals surface area contributed by atoms with Crippen molar-refractivity contribution in [2.24, 2.45) is 5.92 Å². The number of nitrogens with one attached hydrogen (secondary N) is 2. The van der Waals surface area contributed by atoms with E-state index in [2.05, 4.69) is 10.6 Å². The quantitative estimate of drug-likeness (QED) is 0.681. The molecule has 1 unspecified atom stereocenters. The first-order chi connectivity index (χ1) is 7.77. The first kappa shape index (κ1) is 9.78. The van der Waals surface area contributed by atoms with Gasteiger partial charge in [0, 0.05) is 25.6 Å². The molecule has 0 saturated carbocycles. The maximum atomic E-state index is 13.7. The lowest BCUT2D eigenvalue weighted by Gasteiger charge is -2.15. The summed E-state index contributed by atoms with van der Waals surface area (Å²) >= 11 is 0. The fourth-order valence-corrected chi connectivity index (χ4v) is 2.71. The van der Waals surface area contributed by atoms with Gasteiger partial charge in [-0.05, 0) is 17.5 Å². The van der Waals surface area contributed by atoms with E-state index < -0.39 is 5.82 Å². The smallest absolute Gasteiger partial charge is 0.254 e. The number of hydrogen-bond donors (Lipinski definition) is 2. The van der Waals surface area contributed by atoms with Crippen molar-refractivity contribution in [2.75, 3.05) is 19.6 Å². The third kappa shape index (κ3) is 1.33. The fourth-order valence-electron chi connectivity index (χ4n) is 2.71. The van der Waals surface area contributed by atoms with E-state index in [0.717, 1.165) is 18.7 Å². The molecule has 1 saturated heterocycles. The molecular weight excluding hydrogens is 207 g/mol. The Kier molecular flexibility index (Phi) is 2.17. The van der Waals surface area contributed by atoms with Gasteiger partial charge in [-0.2, -0.15) is 0 Å². The lowest BCUT2D eigenvalue weighted by atomic mass is 9.87. The van der Waals surface area contributed by atoms with Gasteiger partial charge in [0.25, 0.3) is 5.91 Å². The highest BCUT2D eigenvalue weighted by Gasteiger charge is 2.35. The van der Waals surface area contributed by atoms with Gasteiger partial charge in [-0.15, -0.1) is 0 Å². The predicted octanol–water partition coefficient (Wildman–Crippen LogP) is 0.872. The topological polar surface area (TPSA) is 41.1 Å². The lowest BCUT2D eigenvalue weighted by Crippen LogP contribution is -2.29. The molecule has 2 atom stereocenters. The summed E-state index contributed by atoms with van der Waals surface area (Å²) in [6.45, 7) is 2.35. The Balaban J connectivity index is 2.16. The first-order valence-corrected chi connectivity index (χ1v) is 5.54. The highest BCUT2D eigenvalue weighted by Crippen LogP contribution is 2.33. The van der Waals surface area contributed by atoms with Crippen LogP contribution in [0.5, 0.6) is 0 Å². The molecule has 2 heterocycles. The minimum atomic E-state index is -0.414. The number of fused-ring (bicyclic) bond motifs is 3. The molecule has 4 heteroatoms. The normalized spacial score (nSPS) is 27.9. The number of amides is 1. The second-order valence-corrected chi connectivity index (χ2v) is 4.44. The average molecular weight is 220 g/mol. The van der Waals surface area contributed by atoms with E-state index in [1.54, 1.807) is 6.07 Å². The molecule has 0 spiro atoms. The van der Waals surface area contributed by atoms with E-state index in [-0.39, 0.29) is 17.4 Å². The molecule has 0 aromatic heterocycles. The minimum Gasteiger partial charge on any atom is -0.352 e. The Morgan fingerprint density at radius 2 is 2.12 bits per heavy atom. The molecule has 1 aromatic rings. The Hall–Kier alpha value is -1.42. The molecule has 2 N–H and O–H groups in total. The molecule has 0 radical (unpaired) electrons. The van der Waals surface area contributed by atoms with Crippen LogP contribution in [0.25, 0.3) is 0 Å². The summed E-state index contributed by atoms with van der Waals surface area (Å²) in [5, 5.41) is 6.09. The van der Waals surface area contributed by atoms with Gasteiger partial charge in [0.1, 0.15) is 5.82 Å². The van der Waals surface area contributed by atoms with Gasteiger partial charge in [0.15, 0.2) is 0 Å². The van der Waals surface area contributed by atoms with E-state index in [0.29, 0.717) is 12.5 Å². The van der Waals surface area contributed by atoms with Crippen molar-refractivity contribution >= 4 is 5.91 Å². The Bertz CT molecular complexity index is 447. The maximum Gasteiger partial charge on any atom is 0.254 e. The molecule has 16 heavy (non-hydrogen) atoms. The van der Waals surface area contributed by atoms with Crippen molar-refractivity contribution in [3.8, 4) is 0 Å². The lowest BCUT2D eigenvalue weighted by molar-refractivity contribution is 0.0948.